The monoisotopic (exact) mass is 477 g/mol. The second-order valence-corrected chi connectivity index (χ2v) is 8.83. The van der Waals surface area contributed by atoms with E-state index in [9.17, 15) is 14.4 Å². The van der Waals surface area contributed by atoms with E-state index in [0.29, 0.717) is 27.4 Å². The van der Waals surface area contributed by atoms with Gasteiger partial charge in [0.25, 0.3) is 5.91 Å². The van der Waals surface area contributed by atoms with Crippen LogP contribution in [0, 0.1) is 0 Å². The molecular formula is C25H20ClN3O3S. The van der Waals surface area contributed by atoms with Crippen molar-refractivity contribution in [3.05, 3.63) is 111 Å². The van der Waals surface area contributed by atoms with Gasteiger partial charge in [-0.1, -0.05) is 47.6 Å². The van der Waals surface area contributed by atoms with Crippen molar-refractivity contribution in [3.63, 3.8) is 0 Å². The number of carbonyl (C=O) groups is 2. The summed E-state index contributed by atoms with van der Waals surface area (Å²) in [5.41, 5.74) is 2.40. The Morgan fingerprint density at radius 2 is 1.85 bits per heavy atom. The molecule has 0 aliphatic rings. The summed E-state index contributed by atoms with van der Waals surface area (Å²) in [5, 5.41) is 3.98. The van der Waals surface area contributed by atoms with Crippen molar-refractivity contribution >= 4 is 45.3 Å². The van der Waals surface area contributed by atoms with Gasteiger partial charge in [-0.25, -0.2) is 0 Å². The molecule has 8 heteroatoms. The standard InChI is InChI=1S/C25H20ClN3O3S/c26-19-9-7-17(8-10-19)24(31)29-22(25(32)33-15-16-4-3-11-27-14-16)12-18-13-23(30)28-21-6-2-1-5-20(18)21/h1-11,13-14,22H,12,15H2,(H,28,30)(H,29,31). The van der Waals surface area contributed by atoms with E-state index in [0.717, 1.165) is 22.7 Å². The van der Waals surface area contributed by atoms with Crippen LogP contribution < -0.4 is 10.9 Å². The molecule has 0 saturated heterocycles. The number of carbonyl (C=O) groups excluding carboxylic acids is 2. The van der Waals surface area contributed by atoms with Gasteiger partial charge in [0.05, 0.1) is 0 Å². The molecule has 0 spiro atoms. The Labute approximate surface area is 199 Å². The molecule has 2 N–H and O–H groups in total. The maximum atomic E-state index is 13.2. The van der Waals surface area contributed by atoms with Gasteiger partial charge in [-0.2, -0.15) is 0 Å². The maximum Gasteiger partial charge on any atom is 0.251 e. The number of rotatable bonds is 7. The summed E-state index contributed by atoms with van der Waals surface area (Å²) in [6, 6.07) is 18.2. The number of para-hydroxylation sites is 1. The Hall–Kier alpha value is -3.42. The number of halogens is 1. The van der Waals surface area contributed by atoms with Crippen LogP contribution in [0.15, 0.2) is 83.9 Å². The van der Waals surface area contributed by atoms with E-state index >= 15 is 0 Å². The number of fused-ring (bicyclic) bond motifs is 1. The van der Waals surface area contributed by atoms with Crippen molar-refractivity contribution < 1.29 is 9.59 Å². The fourth-order valence-corrected chi connectivity index (χ4v) is 4.39. The van der Waals surface area contributed by atoms with Gasteiger partial charge in [-0.15, -0.1) is 0 Å². The van der Waals surface area contributed by atoms with E-state index in [1.807, 2.05) is 30.3 Å². The van der Waals surface area contributed by atoms with Crippen LogP contribution in [0.1, 0.15) is 21.5 Å². The van der Waals surface area contributed by atoms with Gasteiger partial charge in [0, 0.05) is 52.1 Å². The number of benzene rings is 2. The van der Waals surface area contributed by atoms with Crippen LogP contribution in [0.4, 0.5) is 0 Å². The molecule has 33 heavy (non-hydrogen) atoms. The molecule has 0 fully saturated rings. The smallest absolute Gasteiger partial charge is 0.251 e. The molecule has 2 aromatic carbocycles. The third-order valence-electron chi connectivity index (χ3n) is 5.06. The quantitative estimate of drug-likeness (QED) is 0.412. The van der Waals surface area contributed by atoms with Crippen LogP contribution in [0.5, 0.6) is 0 Å². The van der Waals surface area contributed by atoms with Gasteiger partial charge in [0.2, 0.25) is 10.7 Å². The summed E-state index contributed by atoms with van der Waals surface area (Å²) in [4.78, 5) is 45.1. The Kier molecular flexibility index (Phi) is 7.22. The molecule has 1 atom stereocenters. The van der Waals surface area contributed by atoms with E-state index < -0.39 is 6.04 Å². The summed E-state index contributed by atoms with van der Waals surface area (Å²) >= 11 is 7.03. The van der Waals surface area contributed by atoms with Gasteiger partial charge in [-0.3, -0.25) is 19.4 Å². The van der Waals surface area contributed by atoms with Crippen molar-refractivity contribution in [3.8, 4) is 0 Å². The Bertz CT molecular complexity index is 1340. The van der Waals surface area contributed by atoms with Crippen LogP contribution in [0.25, 0.3) is 10.9 Å². The zero-order valence-electron chi connectivity index (χ0n) is 17.5. The molecule has 1 unspecified atom stereocenters. The predicted octanol–water partition coefficient (Wildman–Crippen LogP) is 4.38. The van der Waals surface area contributed by atoms with Gasteiger partial charge in [0.1, 0.15) is 6.04 Å². The number of thioether (sulfide) groups is 1. The normalized spacial score (nSPS) is 11.8. The largest absolute Gasteiger partial charge is 0.341 e. The van der Waals surface area contributed by atoms with E-state index in [1.165, 1.54) is 6.07 Å². The Morgan fingerprint density at radius 3 is 2.61 bits per heavy atom. The minimum absolute atomic E-state index is 0.183. The lowest BCUT2D eigenvalue weighted by molar-refractivity contribution is -0.112. The zero-order chi connectivity index (χ0) is 23.2. The van der Waals surface area contributed by atoms with Crippen molar-refractivity contribution in [2.75, 3.05) is 0 Å². The molecule has 4 aromatic rings. The highest BCUT2D eigenvalue weighted by atomic mass is 35.5. The average Bonchev–Trinajstić information content (AvgIpc) is 2.83. The van der Waals surface area contributed by atoms with E-state index in [1.54, 1.807) is 42.7 Å². The van der Waals surface area contributed by atoms with E-state index in [2.05, 4.69) is 15.3 Å². The number of nitrogens with one attached hydrogen (secondary N) is 2. The van der Waals surface area contributed by atoms with Crippen molar-refractivity contribution in [2.24, 2.45) is 0 Å². The lowest BCUT2D eigenvalue weighted by Crippen LogP contribution is -2.41. The van der Waals surface area contributed by atoms with Crippen molar-refractivity contribution in [2.45, 2.75) is 18.2 Å². The molecule has 1 amide bonds. The summed E-state index contributed by atoms with van der Waals surface area (Å²) in [7, 11) is 0. The highest BCUT2D eigenvalue weighted by molar-refractivity contribution is 8.13. The second-order valence-electron chi connectivity index (χ2n) is 7.41. The van der Waals surface area contributed by atoms with Crippen molar-refractivity contribution in [1.82, 2.24) is 15.3 Å². The summed E-state index contributed by atoms with van der Waals surface area (Å²) < 4.78 is 0. The zero-order valence-corrected chi connectivity index (χ0v) is 19.0. The predicted molar refractivity (Wildman–Crippen MR) is 132 cm³/mol. The summed E-state index contributed by atoms with van der Waals surface area (Å²) in [6.07, 6.45) is 3.55. The third-order valence-corrected chi connectivity index (χ3v) is 6.36. The molecule has 0 saturated carbocycles. The molecule has 0 bridgehead atoms. The number of aromatic nitrogens is 2. The first-order valence-corrected chi connectivity index (χ1v) is 11.6. The summed E-state index contributed by atoms with van der Waals surface area (Å²) in [6.45, 7) is 0. The van der Waals surface area contributed by atoms with Crippen LogP contribution in [0.2, 0.25) is 5.02 Å². The minimum atomic E-state index is -0.833. The first-order valence-electron chi connectivity index (χ1n) is 10.2. The fraction of sp³-hybridized carbons (Fsp3) is 0.120. The first kappa shape index (κ1) is 22.8. The fourth-order valence-electron chi connectivity index (χ4n) is 3.44. The molecule has 166 valence electrons. The number of hydrogen-bond acceptors (Lipinski definition) is 5. The molecule has 0 aliphatic heterocycles. The van der Waals surface area contributed by atoms with Crippen LogP contribution in [0.3, 0.4) is 0 Å². The minimum Gasteiger partial charge on any atom is -0.341 e. The second kappa shape index (κ2) is 10.5. The van der Waals surface area contributed by atoms with Crippen LogP contribution in [-0.4, -0.2) is 27.0 Å². The number of H-pyrrole nitrogens is 1. The van der Waals surface area contributed by atoms with Gasteiger partial charge in [0.15, 0.2) is 0 Å². The maximum absolute atomic E-state index is 13.2. The topological polar surface area (TPSA) is 91.9 Å². The molecule has 4 rings (SSSR count). The average molecular weight is 478 g/mol. The van der Waals surface area contributed by atoms with Crippen molar-refractivity contribution in [1.29, 1.82) is 0 Å². The number of amides is 1. The lowest BCUT2D eigenvalue weighted by Gasteiger charge is -2.18. The number of pyridine rings is 2. The SMILES string of the molecule is O=C(NC(Cc1cc(=O)[nH]c2ccccc12)C(=O)SCc1cccnc1)c1ccc(Cl)cc1. The van der Waals surface area contributed by atoms with E-state index in [4.69, 9.17) is 11.6 Å². The molecule has 6 nitrogen and oxygen atoms in total. The number of hydrogen-bond donors (Lipinski definition) is 2. The van der Waals surface area contributed by atoms with Crippen LogP contribution >= 0.6 is 23.4 Å². The highest BCUT2D eigenvalue weighted by Crippen LogP contribution is 2.21. The molecule has 2 heterocycles. The van der Waals surface area contributed by atoms with Crippen LogP contribution in [-0.2, 0) is 17.0 Å². The van der Waals surface area contributed by atoms with Gasteiger partial charge >= 0.3 is 0 Å². The first-order chi connectivity index (χ1) is 16.0. The highest BCUT2D eigenvalue weighted by Gasteiger charge is 2.23. The summed E-state index contributed by atoms with van der Waals surface area (Å²) in [5.74, 6) is 0.0389. The number of nitrogens with zero attached hydrogens (tertiary/aromatic N) is 1. The lowest BCUT2D eigenvalue weighted by atomic mass is 10.0. The van der Waals surface area contributed by atoms with Gasteiger partial charge in [-0.05, 0) is 47.5 Å². The Morgan fingerprint density at radius 1 is 1.06 bits per heavy atom. The molecule has 2 aromatic heterocycles. The van der Waals surface area contributed by atoms with Gasteiger partial charge < -0.3 is 10.3 Å². The van der Waals surface area contributed by atoms with E-state index in [-0.39, 0.29) is 23.0 Å². The number of aromatic amines is 1. The molecule has 0 aliphatic carbocycles. The molecule has 0 radical (unpaired) electrons. The molecular weight excluding hydrogens is 458 g/mol. The third kappa shape index (κ3) is 5.88. The Balaban J connectivity index is 1.60.